The molecular formula is C26H28O7. The van der Waals surface area contributed by atoms with Crippen molar-refractivity contribution in [3.05, 3.63) is 108 Å². The minimum Gasteiger partial charge on any atom is -0.388 e. The molecule has 3 aromatic rings. The van der Waals surface area contributed by atoms with Crippen LogP contribution in [0.4, 0.5) is 0 Å². The highest BCUT2D eigenvalue weighted by molar-refractivity contribution is 6.00. The zero-order chi connectivity index (χ0) is 23.9. The van der Waals surface area contributed by atoms with Crippen molar-refractivity contribution < 1.29 is 34.7 Å². The van der Waals surface area contributed by atoms with Crippen LogP contribution in [0, 0.1) is 0 Å². The van der Waals surface area contributed by atoms with Crippen LogP contribution in [0.2, 0.25) is 0 Å². The Morgan fingerprint density at radius 1 is 0.727 bits per heavy atom. The SMILES string of the molecule is CC(O)C(O)(OCc1ccccc1)C(O)(OCc1ccccc1)C(O)C(=O)c1ccccc1. The summed E-state index contributed by atoms with van der Waals surface area (Å²) in [6.45, 7) is 0.660. The number of ether oxygens (including phenoxy) is 2. The topological polar surface area (TPSA) is 116 Å². The summed E-state index contributed by atoms with van der Waals surface area (Å²) in [4.78, 5) is 13.0. The third-order valence-electron chi connectivity index (χ3n) is 5.36. The number of carbonyl (C=O) groups is 1. The van der Waals surface area contributed by atoms with Gasteiger partial charge in [0.05, 0.1) is 13.2 Å². The smallest absolute Gasteiger partial charge is 0.258 e. The number of hydrogen-bond donors (Lipinski definition) is 4. The van der Waals surface area contributed by atoms with Crippen LogP contribution in [0.5, 0.6) is 0 Å². The molecule has 3 aromatic carbocycles. The first kappa shape index (κ1) is 24.7. The fourth-order valence-electron chi connectivity index (χ4n) is 3.37. The van der Waals surface area contributed by atoms with Gasteiger partial charge in [-0.1, -0.05) is 91.0 Å². The van der Waals surface area contributed by atoms with E-state index in [4.69, 9.17) is 9.47 Å². The van der Waals surface area contributed by atoms with E-state index in [1.54, 1.807) is 78.9 Å². The third-order valence-corrected chi connectivity index (χ3v) is 5.36. The molecule has 0 aliphatic heterocycles. The number of aliphatic hydroxyl groups is 4. The molecule has 0 amide bonds. The van der Waals surface area contributed by atoms with Crippen LogP contribution < -0.4 is 0 Å². The molecule has 0 spiro atoms. The van der Waals surface area contributed by atoms with Gasteiger partial charge in [0.25, 0.3) is 11.6 Å². The summed E-state index contributed by atoms with van der Waals surface area (Å²) in [5.74, 6) is -6.78. The van der Waals surface area contributed by atoms with Gasteiger partial charge >= 0.3 is 0 Å². The van der Waals surface area contributed by atoms with Crippen LogP contribution in [0.25, 0.3) is 0 Å². The Kier molecular flexibility index (Phi) is 8.10. The molecule has 4 N–H and O–H groups in total. The van der Waals surface area contributed by atoms with Gasteiger partial charge in [-0.2, -0.15) is 0 Å². The fraction of sp³-hybridized carbons (Fsp3) is 0.269. The van der Waals surface area contributed by atoms with Crippen LogP contribution in [-0.2, 0) is 22.7 Å². The zero-order valence-electron chi connectivity index (χ0n) is 18.2. The lowest BCUT2D eigenvalue weighted by Gasteiger charge is -2.45. The highest BCUT2D eigenvalue weighted by Gasteiger charge is 2.62. The monoisotopic (exact) mass is 452 g/mol. The average molecular weight is 453 g/mol. The maximum absolute atomic E-state index is 13.0. The molecule has 0 saturated carbocycles. The van der Waals surface area contributed by atoms with Gasteiger partial charge in [-0.25, -0.2) is 0 Å². The van der Waals surface area contributed by atoms with Gasteiger partial charge in [0.2, 0.25) is 0 Å². The maximum Gasteiger partial charge on any atom is 0.258 e. The predicted octanol–water partition coefficient (Wildman–Crippen LogP) is 2.42. The summed E-state index contributed by atoms with van der Waals surface area (Å²) in [7, 11) is 0. The third kappa shape index (κ3) is 5.54. The van der Waals surface area contributed by atoms with E-state index < -0.39 is 29.6 Å². The first-order valence-electron chi connectivity index (χ1n) is 10.5. The Hall–Kier alpha value is -2.91. The Bertz CT molecular complexity index is 1010. The summed E-state index contributed by atoms with van der Waals surface area (Å²) < 4.78 is 11.1. The summed E-state index contributed by atoms with van der Waals surface area (Å²) in [5.41, 5.74) is 1.32. The quantitative estimate of drug-likeness (QED) is 0.261. The lowest BCUT2D eigenvalue weighted by molar-refractivity contribution is -0.428. The van der Waals surface area contributed by atoms with Crippen molar-refractivity contribution in [3.8, 4) is 0 Å². The highest BCUT2D eigenvalue weighted by atomic mass is 16.7. The zero-order valence-corrected chi connectivity index (χ0v) is 18.2. The number of rotatable bonds is 11. The lowest BCUT2D eigenvalue weighted by atomic mass is 9.89. The van der Waals surface area contributed by atoms with Gasteiger partial charge in [-0.15, -0.1) is 0 Å². The van der Waals surface area contributed by atoms with Crippen molar-refractivity contribution in [2.24, 2.45) is 0 Å². The van der Waals surface area contributed by atoms with Crippen molar-refractivity contribution in [3.63, 3.8) is 0 Å². The first-order valence-corrected chi connectivity index (χ1v) is 10.5. The molecule has 7 heteroatoms. The van der Waals surface area contributed by atoms with Crippen molar-refractivity contribution in [2.45, 2.75) is 43.9 Å². The van der Waals surface area contributed by atoms with E-state index in [0.717, 1.165) is 0 Å². The molecule has 0 bridgehead atoms. The van der Waals surface area contributed by atoms with E-state index in [9.17, 15) is 25.2 Å². The molecule has 0 fully saturated rings. The Morgan fingerprint density at radius 3 is 1.55 bits per heavy atom. The molecule has 0 aliphatic carbocycles. The van der Waals surface area contributed by atoms with Gasteiger partial charge in [-0.3, -0.25) is 4.79 Å². The Labute approximate surface area is 192 Å². The van der Waals surface area contributed by atoms with Gasteiger partial charge in [0, 0.05) is 5.56 Å². The first-order chi connectivity index (χ1) is 15.8. The molecule has 0 saturated heterocycles. The summed E-state index contributed by atoms with van der Waals surface area (Å²) in [6, 6.07) is 25.2. The van der Waals surface area contributed by atoms with E-state index in [1.165, 1.54) is 19.1 Å². The summed E-state index contributed by atoms with van der Waals surface area (Å²) in [6.07, 6.45) is -4.03. The molecule has 3 rings (SSSR count). The highest BCUT2D eigenvalue weighted by Crippen LogP contribution is 2.35. The average Bonchev–Trinajstić information content (AvgIpc) is 2.86. The molecule has 4 unspecified atom stereocenters. The standard InChI is InChI=1S/C26H28O7/c1-19(27)25(30,32-17-20-11-5-2-6-12-20)26(31,33-18-21-13-7-3-8-14-21)24(29)23(28)22-15-9-4-10-16-22/h2-16,19,24,27,29-31H,17-18H2,1H3. The number of carbonyl (C=O) groups excluding carboxylic acids is 1. The van der Waals surface area contributed by atoms with E-state index in [-0.39, 0.29) is 18.8 Å². The van der Waals surface area contributed by atoms with E-state index in [1.807, 2.05) is 0 Å². The number of benzene rings is 3. The van der Waals surface area contributed by atoms with Crippen molar-refractivity contribution in [1.29, 1.82) is 0 Å². The lowest BCUT2D eigenvalue weighted by Crippen LogP contribution is -2.70. The van der Waals surface area contributed by atoms with Crippen molar-refractivity contribution in [2.75, 3.05) is 0 Å². The number of aliphatic hydroxyl groups excluding tert-OH is 2. The van der Waals surface area contributed by atoms with Crippen LogP contribution in [-0.4, -0.2) is 50.0 Å². The summed E-state index contributed by atoms with van der Waals surface area (Å²) in [5, 5.41) is 44.3. The van der Waals surface area contributed by atoms with Gasteiger partial charge < -0.3 is 29.9 Å². The number of hydrogen-bond acceptors (Lipinski definition) is 7. The van der Waals surface area contributed by atoms with Crippen LogP contribution in [0.1, 0.15) is 28.4 Å². The normalized spacial score (nSPS) is 16.9. The van der Waals surface area contributed by atoms with Crippen LogP contribution >= 0.6 is 0 Å². The molecule has 0 aliphatic rings. The Balaban J connectivity index is 1.97. The largest absolute Gasteiger partial charge is 0.388 e. The van der Waals surface area contributed by atoms with Crippen LogP contribution in [0.15, 0.2) is 91.0 Å². The van der Waals surface area contributed by atoms with E-state index in [2.05, 4.69) is 0 Å². The van der Waals surface area contributed by atoms with Gasteiger partial charge in [0.1, 0.15) is 6.10 Å². The maximum atomic E-state index is 13.0. The van der Waals surface area contributed by atoms with E-state index in [0.29, 0.717) is 11.1 Å². The fourth-order valence-corrected chi connectivity index (χ4v) is 3.37. The molecule has 0 heterocycles. The molecule has 0 aromatic heterocycles. The Morgan fingerprint density at radius 2 is 1.12 bits per heavy atom. The van der Waals surface area contributed by atoms with Crippen LogP contribution in [0.3, 0.4) is 0 Å². The van der Waals surface area contributed by atoms with Gasteiger partial charge in [-0.05, 0) is 18.1 Å². The second kappa shape index (κ2) is 10.8. The second-order valence-electron chi connectivity index (χ2n) is 7.75. The molecular weight excluding hydrogens is 424 g/mol. The van der Waals surface area contributed by atoms with Gasteiger partial charge in [0.15, 0.2) is 11.9 Å². The predicted molar refractivity (Wildman–Crippen MR) is 121 cm³/mol. The molecule has 33 heavy (non-hydrogen) atoms. The summed E-state index contributed by atoms with van der Waals surface area (Å²) >= 11 is 0. The minimum atomic E-state index is -3.02. The molecule has 0 radical (unpaired) electrons. The van der Waals surface area contributed by atoms with Crippen molar-refractivity contribution in [1.82, 2.24) is 0 Å². The minimum absolute atomic E-state index is 0.0859. The van der Waals surface area contributed by atoms with Crippen molar-refractivity contribution >= 4 is 5.78 Å². The number of ketones is 1. The molecule has 7 nitrogen and oxygen atoms in total. The second-order valence-corrected chi connectivity index (χ2v) is 7.75. The number of Topliss-reactive ketones (excluding diaryl/α,β-unsaturated/α-hetero) is 1. The molecule has 174 valence electrons. The van der Waals surface area contributed by atoms with E-state index >= 15 is 0 Å². The molecule has 4 atom stereocenters.